The second-order valence-corrected chi connectivity index (χ2v) is 8.81. The van der Waals surface area contributed by atoms with Gasteiger partial charge in [0.1, 0.15) is 5.75 Å². The zero-order valence-corrected chi connectivity index (χ0v) is 17.6. The van der Waals surface area contributed by atoms with Gasteiger partial charge in [-0.1, -0.05) is 22.0 Å². The monoisotopic (exact) mass is 425 g/mol. The molecular formula is C19H24BrNO3S. The fourth-order valence-electron chi connectivity index (χ4n) is 2.92. The molecule has 2 aromatic carbocycles. The maximum atomic E-state index is 12.8. The Hall–Kier alpha value is -1.37. The molecule has 0 heterocycles. The Labute approximate surface area is 158 Å². The molecule has 6 heteroatoms. The largest absolute Gasteiger partial charge is 0.496 e. The lowest BCUT2D eigenvalue weighted by Crippen LogP contribution is -2.28. The van der Waals surface area contributed by atoms with Gasteiger partial charge in [-0.15, -0.1) is 0 Å². The van der Waals surface area contributed by atoms with Gasteiger partial charge in [0.05, 0.1) is 12.0 Å². The number of ether oxygens (including phenoxy) is 1. The quantitative estimate of drug-likeness (QED) is 0.753. The Morgan fingerprint density at radius 3 is 2.20 bits per heavy atom. The van der Waals surface area contributed by atoms with Crippen molar-refractivity contribution in [1.29, 1.82) is 0 Å². The highest BCUT2D eigenvalue weighted by Crippen LogP contribution is 2.26. The molecule has 0 unspecified atom stereocenters. The Morgan fingerprint density at radius 2 is 1.64 bits per heavy atom. The Kier molecular flexibility index (Phi) is 6.30. The summed E-state index contributed by atoms with van der Waals surface area (Å²) in [6.07, 6.45) is 0.546. The molecule has 0 spiro atoms. The van der Waals surface area contributed by atoms with Crippen LogP contribution in [0.4, 0.5) is 0 Å². The Morgan fingerprint density at radius 1 is 1.04 bits per heavy atom. The highest BCUT2D eigenvalue weighted by atomic mass is 79.9. The third-order valence-corrected chi connectivity index (χ3v) is 6.72. The molecule has 0 aromatic heterocycles. The standard InChI is InChI=1S/C19H24BrNO3S/c1-12-10-13(2)15(4)19(14(12)3)25(22,23)21-9-8-16-11-17(20)6-7-18(16)24-5/h6-7,10-11,21H,8-9H2,1-5H3. The van der Waals surface area contributed by atoms with E-state index in [0.717, 1.165) is 38.0 Å². The van der Waals surface area contributed by atoms with E-state index in [1.165, 1.54) is 0 Å². The van der Waals surface area contributed by atoms with Crippen molar-refractivity contribution in [2.75, 3.05) is 13.7 Å². The second kappa shape index (κ2) is 7.89. The number of benzene rings is 2. The number of rotatable bonds is 6. The number of aryl methyl sites for hydroxylation is 2. The van der Waals surface area contributed by atoms with Crippen LogP contribution in [0.25, 0.3) is 0 Å². The van der Waals surface area contributed by atoms with Gasteiger partial charge >= 0.3 is 0 Å². The van der Waals surface area contributed by atoms with Crippen LogP contribution in [0.3, 0.4) is 0 Å². The predicted octanol–water partition coefficient (Wildman–Crippen LogP) is 4.21. The fraction of sp³-hybridized carbons (Fsp3) is 0.368. The minimum absolute atomic E-state index is 0.307. The van der Waals surface area contributed by atoms with E-state index in [-0.39, 0.29) is 0 Å². The van der Waals surface area contributed by atoms with Gasteiger partial charge in [-0.2, -0.15) is 0 Å². The molecule has 1 N–H and O–H groups in total. The molecule has 0 saturated heterocycles. The van der Waals surface area contributed by atoms with Gasteiger partial charge in [-0.05, 0) is 80.1 Å². The van der Waals surface area contributed by atoms with Gasteiger partial charge < -0.3 is 4.74 Å². The zero-order chi connectivity index (χ0) is 18.8. The molecule has 0 amide bonds. The van der Waals surface area contributed by atoms with Crippen molar-refractivity contribution in [2.24, 2.45) is 0 Å². The highest BCUT2D eigenvalue weighted by Gasteiger charge is 2.21. The summed E-state index contributed by atoms with van der Waals surface area (Å²) < 4.78 is 34.7. The molecule has 136 valence electrons. The van der Waals surface area contributed by atoms with Crippen molar-refractivity contribution in [3.05, 3.63) is 56.6 Å². The maximum Gasteiger partial charge on any atom is 0.241 e. The van der Waals surface area contributed by atoms with Crippen molar-refractivity contribution in [2.45, 2.75) is 39.0 Å². The maximum absolute atomic E-state index is 12.8. The molecule has 2 rings (SSSR count). The van der Waals surface area contributed by atoms with Gasteiger partial charge in [-0.3, -0.25) is 0 Å². The summed E-state index contributed by atoms with van der Waals surface area (Å²) in [5, 5.41) is 0. The van der Waals surface area contributed by atoms with Crippen LogP contribution in [-0.4, -0.2) is 22.1 Å². The van der Waals surface area contributed by atoms with Gasteiger partial charge in [-0.25, -0.2) is 13.1 Å². The first kappa shape index (κ1) is 19.9. The normalized spacial score (nSPS) is 11.6. The van der Waals surface area contributed by atoms with Crippen LogP contribution in [0.15, 0.2) is 33.6 Å². The molecule has 2 aromatic rings. The number of hydrogen-bond donors (Lipinski definition) is 1. The molecule has 0 saturated carbocycles. The van der Waals surface area contributed by atoms with Crippen molar-refractivity contribution < 1.29 is 13.2 Å². The molecule has 25 heavy (non-hydrogen) atoms. The molecule has 0 aliphatic rings. The summed E-state index contributed by atoms with van der Waals surface area (Å²) >= 11 is 3.43. The first-order chi connectivity index (χ1) is 11.7. The van der Waals surface area contributed by atoms with Crippen LogP contribution in [0.2, 0.25) is 0 Å². The van der Waals surface area contributed by atoms with Crippen molar-refractivity contribution >= 4 is 26.0 Å². The fourth-order valence-corrected chi connectivity index (χ4v) is 4.97. The average Bonchev–Trinajstić information content (AvgIpc) is 2.53. The van der Waals surface area contributed by atoms with Gasteiger partial charge in [0.2, 0.25) is 10.0 Å². The number of hydrogen-bond acceptors (Lipinski definition) is 3. The molecule has 0 atom stereocenters. The Balaban J connectivity index is 2.23. The predicted molar refractivity (Wildman–Crippen MR) is 105 cm³/mol. The van der Waals surface area contributed by atoms with E-state index in [0.29, 0.717) is 17.9 Å². The summed E-state index contributed by atoms with van der Waals surface area (Å²) in [4.78, 5) is 0.395. The smallest absolute Gasteiger partial charge is 0.241 e. The van der Waals surface area contributed by atoms with E-state index < -0.39 is 10.0 Å². The van der Waals surface area contributed by atoms with E-state index in [2.05, 4.69) is 20.7 Å². The SMILES string of the molecule is COc1ccc(Br)cc1CCNS(=O)(=O)c1c(C)c(C)cc(C)c1C. The van der Waals surface area contributed by atoms with Gasteiger partial charge in [0.15, 0.2) is 0 Å². The number of halogens is 1. The molecule has 0 radical (unpaired) electrons. The van der Waals surface area contributed by atoms with E-state index in [1.807, 2.05) is 52.0 Å². The third-order valence-electron chi connectivity index (χ3n) is 4.49. The average molecular weight is 426 g/mol. The first-order valence-corrected chi connectivity index (χ1v) is 10.3. The van der Waals surface area contributed by atoms with Crippen LogP contribution in [0, 0.1) is 27.7 Å². The van der Waals surface area contributed by atoms with E-state index >= 15 is 0 Å². The topological polar surface area (TPSA) is 55.4 Å². The summed E-state index contributed by atoms with van der Waals surface area (Å²) in [5.41, 5.74) is 4.52. The number of nitrogens with one attached hydrogen (secondary N) is 1. The van der Waals surface area contributed by atoms with Crippen molar-refractivity contribution in [3.63, 3.8) is 0 Å². The van der Waals surface area contributed by atoms with Gasteiger partial charge in [0, 0.05) is 11.0 Å². The molecule has 0 aliphatic carbocycles. The van der Waals surface area contributed by atoms with Crippen molar-refractivity contribution in [1.82, 2.24) is 4.72 Å². The van der Waals surface area contributed by atoms with Crippen LogP contribution < -0.4 is 9.46 Å². The molecule has 0 bridgehead atoms. The minimum atomic E-state index is -3.57. The summed E-state index contributed by atoms with van der Waals surface area (Å²) in [5.74, 6) is 0.751. The van der Waals surface area contributed by atoms with E-state index in [9.17, 15) is 8.42 Å². The number of methoxy groups -OCH3 is 1. The first-order valence-electron chi connectivity index (χ1n) is 8.07. The van der Waals surface area contributed by atoms with Gasteiger partial charge in [0.25, 0.3) is 0 Å². The molecular weight excluding hydrogens is 402 g/mol. The van der Waals surface area contributed by atoms with Crippen molar-refractivity contribution in [3.8, 4) is 5.75 Å². The lowest BCUT2D eigenvalue weighted by molar-refractivity contribution is 0.409. The highest BCUT2D eigenvalue weighted by molar-refractivity contribution is 9.10. The summed E-state index contributed by atoms with van der Waals surface area (Å²) in [6, 6.07) is 7.73. The second-order valence-electron chi connectivity index (χ2n) is 6.19. The molecule has 0 fully saturated rings. The van der Waals surface area contributed by atoms with Crippen LogP contribution in [0.5, 0.6) is 5.75 Å². The van der Waals surface area contributed by atoms with Crippen LogP contribution >= 0.6 is 15.9 Å². The molecule has 0 aliphatic heterocycles. The lowest BCUT2D eigenvalue weighted by atomic mass is 10.0. The number of sulfonamides is 1. The Bertz CT molecular complexity index is 866. The van der Waals surface area contributed by atoms with E-state index in [1.54, 1.807) is 7.11 Å². The summed E-state index contributed by atoms with van der Waals surface area (Å²) in [7, 11) is -1.96. The third kappa shape index (κ3) is 4.43. The summed E-state index contributed by atoms with van der Waals surface area (Å²) in [6.45, 7) is 7.89. The molecule has 4 nitrogen and oxygen atoms in total. The van der Waals surface area contributed by atoms with E-state index in [4.69, 9.17) is 4.74 Å². The minimum Gasteiger partial charge on any atom is -0.496 e. The lowest BCUT2D eigenvalue weighted by Gasteiger charge is -2.16. The zero-order valence-electron chi connectivity index (χ0n) is 15.2. The van der Waals surface area contributed by atoms with Crippen LogP contribution in [-0.2, 0) is 16.4 Å². The van der Waals surface area contributed by atoms with Crippen LogP contribution in [0.1, 0.15) is 27.8 Å².